The minimum atomic E-state index is -0.643. The zero-order valence-corrected chi connectivity index (χ0v) is 24.2. The van der Waals surface area contributed by atoms with Gasteiger partial charge in [0.1, 0.15) is 29.5 Å². The molecule has 6 rings (SSSR count). The van der Waals surface area contributed by atoms with E-state index in [4.69, 9.17) is 9.57 Å². The monoisotopic (exact) mass is 591 g/mol. The molecule has 1 aliphatic carbocycles. The van der Waals surface area contributed by atoms with Crippen molar-refractivity contribution in [2.24, 2.45) is 0 Å². The molecule has 226 valence electrons. The predicted octanol–water partition coefficient (Wildman–Crippen LogP) is 5.19. The van der Waals surface area contributed by atoms with E-state index in [1.807, 2.05) is 12.1 Å². The van der Waals surface area contributed by atoms with Gasteiger partial charge in [-0.15, -0.1) is 0 Å². The summed E-state index contributed by atoms with van der Waals surface area (Å²) in [4.78, 5) is 31.8. The number of aromatic nitrogens is 2. The van der Waals surface area contributed by atoms with Crippen LogP contribution >= 0.6 is 0 Å². The largest absolute Gasteiger partial charge is 0.494 e. The van der Waals surface area contributed by atoms with Crippen LogP contribution < -0.4 is 25.3 Å². The number of nitrogens with one attached hydrogen (secondary N) is 2. The van der Waals surface area contributed by atoms with Gasteiger partial charge in [-0.2, -0.15) is 0 Å². The fraction of sp³-hybridized carbons (Fsp3) is 0.387. The Morgan fingerprint density at radius 2 is 1.95 bits per heavy atom. The van der Waals surface area contributed by atoms with Crippen LogP contribution in [0.25, 0.3) is 0 Å². The molecule has 2 N–H and O–H groups in total. The van der Waals surface area contributed by atoms with Crippen LogP contribution in [0.5, 0.6) is 5.75 Å². The number of carbonyl (C=O) groups excluding carboxylic acids is 1. The van der Waals surface area contributed by atoms with E-state index in [2.05, 4.69) is 43.9 Å². The number of piperazine rings is 1. The van der Waals surface area contributed by atoms with Gasteiger partial charge in [-0.1, -0.05) is 12.6 Å². The van der Waals surface area contributed by atoms with Crippen LogP contribution in [-0.2, 0) is 9.63 Å². The van der Waals surface area contributed by atoms with Crippen LogP contribution in [0.2, 0.25) is 0 Å². The topological polar surface area (TPSA) is 95.1 Å². The number of ether oxygens (including phenoxy) is 1. The Bertz CT molecular complexity index is 1520. The highest BCUT2D eigenvalue weighted by atomic mass is 19.1. The SMILES string of the molecule is C=CC(=O)Nc1cc(Nc2cc(N3OCCC3c3ccc(F)cc3F)ncn2)c(OC)cc1N1CCN(C2CC2)CC1C. The molecule has 1 saturated carbocycles. The Hall–Kier alpha value is -4.29. The van der Waals surface area contributed by atoms with Crippen molar-refractivity contribution in [1.82, 2.24) is 14.9 Å². The lowest BCUT2D eigenvalue weighted by molar-refractivity contribution is -0.111. The van der Waals surface area contributed by atoms with Gasteiger partial charge in [-0.3, -0.25) is 14.5 Å². The van der Waals surface area contributed by atoms with Crippen LogP contribution in [0.15, 0.2) is 55.4 Å². The Morgan fingerprint density at radius 3 is 2.67 bits per heavy atom. The Labute approximate surface area is 249 Å². The molecular formula is C31H35F2N7O3. The van der Waals surface area contributed by atoms with Gasteiger partial charge in [0.2, 0.25) is 5.91 Å². The van der Waals surface area contributed by atoms with Gasteiger partial charge in [0.25, 0.3) is 0 Å². The molecule has 0 spiro atoms. The average Bonchev–Trinajstić information content (AvgIpc) is 3.74. The molecule has 0 bridgehead atoms. The molecule has 3 fully saturated rings. The number of benzene rings is 2. The van der Waals surface area contributed by atoms with E-state index in [9.17, 15) is 13.6 Å². The van der Waals surface area contributed by atoms with Crippen molar-refractivity contribution in [3.8, 4) is 5.75 Å². The first-order chi connectivity index (χ1) is 20.8. The Balaban J connectivity index is 1.28. The molecule has 3 aliphatic rings. The third-order valence-corrected chi connectivity index (χ3v) is 8.16. The van der Waals surface area contributed by atoms with E-state index >= 15 is 0 Å². The fourth-order valence-electron chi connectivity index (χ4n) is 5.90. The van der Waals surface area contributed by atoms with Crippen molar-refractivity contribution >= 4 is 34.6 Å². The lowest BCUT2D eigenvalue weighted by Gasteiger charge is -2.42. The molecule has 2 unspecified atom stereocenters. The molecule has 2 aliphatic heterocycles. The summed E-state index contributed by atoms with van der Waals surface area (Å²) < 4.78 is 33.9. The van der Waals surface area contributed by atoms with Gasteiger partial charge >= 0.3 is 0 Å². The first-order valence-corrected chi connectivity index (χ1v) is 14.5. The van der Waals surface area contributed by atoms with Gasteiger partial charge < -0.3 is 20.3 Å². The molecule has 10 nitrogen and oxygen atoms in total. The zero-order chi connectivity index (χ0) is 30.1. The number of hydroxylamine groups is 1. The van der Waals surface area contributed by atoms with Crippen LogP contribution in [0.4, 0.5) is 37.5 Å². The number of anilines is 5. The maximum atomic E-state index is 14.6. The summed E-state index contributed by atoms with van der Waals surface area (Å²) >= 11 is 0. The molecule has 1 aromatic heterocycles. The van der Waals surface area contributed by atoms with Crippen molar-refractivity contribution in [2.75, 3.05) is 53.9 Å². The number of nitrogens with zero attached hydrogens (tertiary/aromatic N) is 5. The summed E-state index contributed by atoms with van der Waals surface area (Å²) in [5, 5.41) is 7.75. The van der Waals surface area contributed by atoms with Gasteiger partial charge in [0, 0.05) is 61.9 Å². The third kappa shape index (κ3) is 6.11. The highest BCUT2D eigenvalue weighted by Crippen LogP contribution is 2.41. The number of amides is 1. The lowest BCUT2D eigenvalue weighted by atomic mass is 10.0. The number of hydrogen-bond donors (Lipinski definition) is 2. The molecular weight excluding hydrogens is 556 g/mol. The lowest BCUT2D eigenvalue weighted by Crippen LogP contribution is -2.52. The van der Waals surface area contributed by atoms with Crippen molar-refractivity contribution in [2.45, 2.75) is 44.3 Å². The zero-order valence-electron chi connectivity index (χ0n) is 24.2. The van der Waals surface area contributed by atoms with Crippen LogP contribution in [-0.4, -0.2) is 66.2 Å². The van der Waals surface area contributed by atoms with E-state index in [1.54, 1.807) is 13.2 Å². The summed E-state index contributed by atoms with van der Waals surface area (Å²) in [6.45, 7) is 8.89. The van der Waals surface area contributed by atoms with Crippen molar-refractivity contribution in [1.29, 1.82) is 0 Å². The maximum Gasteiger partial charge on any atom is 0.247 e. The third-order valence-electron chi connectivity index (χ3n) is 8.16. The van der Waals surface area contributed by atoms with Gasteiger partial charge in [-0.25, -0.2) is 23.8 Å². The van der Waals surface area contributed by atoms with E-state index < -0.39 is 17.7 Å². The summed E-state index contributed by atoms with van der Waals surface area (Å²) in [6, 6.07) is 9.38. The van der Waals surface area contributed by atoms with Gasteiger partial charge in [0.05, 0.1) is 36.8 Å². The van der Waals surface area contributed by atoms with E-state index in [-0.39, 0.29) is 11.9 Å². The average molecular weight is 592 g/mol. The standard InChI is InChI=1S/C31H35F2N7O3/c1-4-31(41)37-24-14-25(28(42-3)15-27(24)39-11-10-38(17-19(39)2)21-6-7-21)36-29-16-30(35-18-34-29)40-26(9-12-43-40)22-8-5-20(32)13-23(22)33/h4-5,8,13-16,18-19,21,26H,1,6-7,9-12,17H2,2-3H3,(H,37,41)(H,34,35,36). The smallest absolute Gasteiger partial charge is 0.247 e. The molecule has 1 amide bonds. The van der Waals surface area contributed by atoms with Crippen LogP contribution in [0.1, 0.15) is 37.8 Å². The molecule has 2 aromatic carbocycles. The molecule has 0 radical (unpaired) electrons. The molecule has 3 heterocycles. The summed E-state index contributed by atoms with van der Waals surface area (Å²) in [5.74, 6) is -0.212. The van der Waals surface area contributed by atoms with Crippen LogP contribution in [0, 0.1) is 11.6 Å². The van der Waals surface area contributed by atoms with Crippen molar-refractivity contribution in [3.05, 3.63) is 72.6 Å². The van der Waals surface area contributed by atoms with Crippen molar-refractivity contribution in [3.63, 3.8) is 0 Å². The minimum absolute atomic E-state index is 0.237. The van der Waals surface area contributed by atoms with Gasteiger partial charge in [-0.05, 0) is 38.0 Å². The number of hydrogen-bond acceptors (Lipinski definition) is 9. The molecule has 2 saturated heterocycles. The van der Waals surface area contributed by atoms with Gasteiger partial charge in [0.15, 0.2) is 5.82 Å². The quantitative estimate of drug-likeness (QED) is 0.326. The first-order valence-electron chi connectivity index (χ1n) is 14.5. The molecule has 2 atom stereocenters. The summed E-state index contributed by atoms with van der Waals surface area (Å²) in [5.41, 5.74) is 2.37. The number of methoxy groups -OCH3 is 1. The van der Waals surface area contributed by atoms with Crippen molar-refractivity contribution < 1.29 is 23.1 Å². The normalized spacial score (nSPS) is 20.7. The second-order valence-corrected chi connectivity index (χ2v) is 11.0. The number of rotatable bonds is 9. The Kier molecular flexibility index (Phi) is 8.13. The van der Waals surface area contributed by atoms with E-state index in [1.165, 1.54) is 42.4 Å². The second-order valence-electron chi connectivity index (χ2n) is 11.0. The number of carbonyl (C=O) groups is 1. The number of halogens is 2. The summed E-state index contributed by atoms with van der Waals surface area (Å²) in [6.07, 6.45) is 5.65. The first kappa shape index (κ1) is 28.8. The fourth-order valence-corrected chi connectivity index (χ4v) is 5.90. The molecule has 12 heteroatoms. The van der Waals surface area contributed by atoms with E-state index in [0.29, 0.717) is 53.4 Å². The van der Waals surface area contributed by atoms with Crippen LogP contribution in [0.3, 0.4) is 0 Å². The molecule has 3 aromatic rings. The predicted molar refractivity (Wildman–Crippen MR) is 161 cm³/mol. The second kappa shape index (κ2) is 12.1. The summed E-state index contributed by atoms with van der Waals surface area (Å²) in [7, 11) is 1.59. The highest BCUT2D eigenvalue weighted by Gasteiger charge is 2.35. The minimum Gasteiger partial charge on any atom is -0.494 e. The van der Waals surface area contributed by atoms with E-state index in [0.717, 1.165) is 31.4 Å². The highest BCUT2D eigenvalue weighted by molar-refractivity contribution is 6.02. The Morgan fingerprint density at radius 1 is 1.12 bits per heavy atom. The molecule has 43 heavy (non-hydrogen) atoms. The maximum absolute atomic E-state index is 14.6.